The highest BCUT2D eigenvalue weighted by Crippen LogP contribution is 2.54. The van der Waals surface area contributed by atoms with Gasteiger partial charge in [-0.05, 0) is 16.7 Å². The fraction of sp³-hybridized carbons (Fsp3) is 0.0625. The second-order valence-corrected chi connectivity index (χ2v) is 6.69. The number of carboxylic acid groups (broad SMARTS) is 1. The van der Waals surface area contributed by atoms with Gasteiger partial charge in [0.2, 0.25) is 0 Å². The Bertz CT molecular complexity index is 651. The predicted octanol–water partition coefficient (Wildman–Crippen LogP) is 4.40. The first-order chi connectivity index (χ1) is 9.77. The summed E-state index contributed by atoms with van der Waals surface area (Å²) in [6.07, 6.45) is 0. The Kier molecular flexibility index (Phi) is 3.85. The average Bonchev–Trinajstić information content (AvgIpc) is 2.94. The third-order valence-corrected chi connectivity index (χ3v) is 5.79. The van der Waals surface area contributed by atoms with E-state index in [1.807, 2.05) is 60.7 Å². The first-order valence-electron chi connectivity index (χ1n) is 6.18. The topological polar surface area (TPSA) is 37.3 Å². The van der Waals surface area contributed by atoms with Crippen LogP contribution in [0.15, 0.2) is 60.7 Å². The lowest BCUT2D eigenvalue weighted by Crippen LogP contribution is -2.15. The van der Waals surface area contributed by atoms with E-state index in [1.54, 1.807) is 10.8 Å². The molecule has 1 aliphatic heterocycles. The molecular formula is C16H12O2S2. The van der Waals surface area contributed by atoms with Crippen LogP contribution in [0.1, 0.15) is 11.1 Å². The zero-order chi connectivity index (χ0) is 13.9. The molecule has 3 rings (SSSR count). The number of carboxylic acids is 1. The van der Waals surface area contributed by atoms with Gasteiger partial charge in [0.1, 0.15) is 5.25 Å². The molecule has 0 fully saturated rings. The Labute approximate surface area is 125 Å². The minimum atomic E-state index is -0.785. The van der Waals surface area contributed by atoms with E-state index in [4.69, 9.17) is 0 Å². The van der Waals surface area contributed by atoms with Crippen LogP contribution in [0.5, 0.6) is 0 Å². The van der Waals surface area contributed by atoms with Gasteiger partial charge in [-0.15, -0.1) is 0 Å². The highest BCUT2D eigenvalue weighted by atomic mass is 33.1. The van der Waals surface area contributed by atoms with Gasteiger partial charge in [-0.3, -0.25) is 4.79 Å². The first kappa shape index (κ1) is 13.3. The first-order valence-corrected chi connectivity index (χ1v) is 8.40. The highest BCUT2D eigenvalue weighted by molar-refractivity contribution is 8.81. The molecule has 0 radical (unpaired) electrons. The lowest BCUT2D eigenvalue weighted by molar-refractivity contribution is -0.135. The van der Waals surface area contributed by atoms with Crippen LogP contribution < -0.4 is 0 Å². The van der Waals surface area contributed by atoms with Crippen LogP contribution >= 0.6 is 21.6 Å². The van der Waals surface area contributed by atoms with Crippen LogP contribution in [0, 0.1) is 0 Å². The van der Waals surface area contributed by atoms with Crippen molar-refractivity contribution in [2.24, 2.45) is 0 Å². The molecule has 1 atom stereocenters. The third-order valence-electron chi connectivity index (χ3n) is 3.08. The van der Waals surface area contributed by atoms with E-state index in [1.165, 1.54) is 10.8 Å². The van der Waals surface area contributed by atoms with E-state index in [-0.39, 0.29) is 0 Å². The van der Waals surface area contributed by atoms with E-state index in [2.05, 4.69) is 0 Å². The lowest BCUT2D eigenvalue weighted by atomic mass is 9.99. The Hall–Kier alpha value is -1.65. The quantitative estimate of drug-likeness (QED) is 0.852. The summed E-state index contributed by atoms with van der Waals surface area (Å²) in [6.45, 7) is 0. The van der Waals surface area contributed by atoms with Gasteiger partial charge < -0.3 is 5.11 Å². The molecule has 20 heavy (non-hydrogen) atoms. The summed E-state index contributed by atoms with van der Waals surface area (Å²) < 4.78 is 0. The Balaban J connectivity index is 2.16. The summed E-state index contributed by atoms with van der Waals surface area (Å²) >= 11 is 0. The molecule has 0 aromatic heterocycles. The van der Waals surface area contributed by atoms with Crippen molar-refractivity contribution in [3.8, 4) is 0 Å². The van der Waals surface area contributed by atoms with Crippen molar-refractivity contribution in [3.05, 3.63) is 71.8 Å². The Morgan fingerprint density at radius 1 is 0.900 bits per heavy atom. The monoisotopic (exact) mass is 300 g/mol. The van der Waals surface area contributed by atoms with Crippen LogP contribution in [-0.4, -0.2) is 16.3 Å². The maximum Gasteiger partial charge on any atom is 0.322 e. The van der Waals surface area contributed by atoms with E-state index in [0.29, 0.717) is 0 Å². The molecule has 1 aliphatic rings. The number of carbonyl (C=O) groups is 1. The van der Waals surface area contributed by atoms with Gasteiger partial charge in [-0.25, -0.2) is 0 Å². The van der Waals surface area contributed by atoms with Crippen LogP contribution in [0.25, 0.3) is 10.5 Å². The molecule has 0 bridgehead atoms. The van der Waals surface area contributed by atoms with Crippen LogP contribution in [0.3, 0.4) is 0 Å². The van der Waals surface area contributed by atoms with Crippen molar-refractivity contribution in [2.75, 3.05) is 0 Å². The van der Waals surface area contributed by atoms with E-state index >= 15 is 0 Å². The molecule has 1 N–H and O–H groups in total. The van der Waals surface area contributed by atoms with Gasteiger partial charge in [-0.2, -0.15) is 0 Å². The van der Waals surface area contributed by atoms with Crippen LogP contribution in [-0.2, 0) is 4.79 Å². The predicted molar refractivity (Wildman–Crippen MR) is 86.3 cm³/mol. The number of hydrogen-bond donors (Lipinski definition) is 1. The average molecular weight is 300 g/mol. The SMILES string of the molecule is O=C(O)C1SSC(c2ccccc2)=C1c1ccccc1. The van der Waals surface area contributed by atoms with Gasteiger partial charge in [0.05, 0.1) is 0 Å². The number of hydrogen-bond acceptors (Lipinski definition) is 3. The van der Waals surface area contributed by atoms with Crippen molar-refractivity contribution in [3.63, 3.8) is 0 Å². The molecule has 0 saturated heterocycles. The van der Waals surface area contributed by atoms with Crippen LogP contribution in [0.4, 0.5) is 0 Å². The molecular weight excluding hydrogens is 288 g/mol. The Morgan fingerprint density at radius 3 is 2.00 bits per heavy atom. The zero-order valence-electron chi connectivity index (χ0n) is 10.5. The molecule has 2 nitrogen and oxygen atoms in total. The number of aliphatic carboxylic acids is 1. The fourth-order valence-corrected chi connectivity index (χ4v) is 5.09. The van der Waals surface area contributed by atoms with E-state index < -0.39 is 11.2 Å². The molecule has 2 aromatic rings. The maximum absolute atomic E-state index is 11.5. The lowest BCUT2D eigenvalue weighted by Gasteiger charge is -2.10. The molecule has 0 aliphatic carbocycles. The fourth-order valence-electron chi connectivity index (χ4n) is 2.17. The number of rotatable bonds is 3. The Morgan fingerprint density at radius 2 is 1.45 bits per heavy atom. The minimum Gasteiger partial charge on any atom is -0.480 e. The normalized spacial score (nSPS) is 18.3. The second kappa shape index (κ2) is 5.77. The standard InChI is InChI=1S/C16H12O2S2/c17-16(18)15-13(11-7-3-1-4-8-11)14(19-20-15)12-9-5-2-6-10-12/h1-10,15H,(H,17,18). The van der Waals surface area contributed by atoms with Crippen molar-refractivity contribution in [2.45, 2.75) is 5.25 Å². The summed E-state index contributed by atoms with van der Waals surface area (Å²) in [7, 11) is 2.95. The van der Waals surface area contributed by atoms with Gasteiger partial charge in [0, 0.05) is 4.91 Å². The van der Waals surface area contributed by atoms with Gasteiger partial charge in [-0.1, -0.05) is 82.3 Å². The molecule has 0 amide bonds. The van der Waals surface area contributed by atoms with Crippen molar-refractivity contribution < 1.29 is 9.90 Å². The molecule has 100 valence electrons. The van der Waals surface area contributed by atoms with Crippen molar-refractivity contribution in [1.29, 1.82) is 0 Å². The molecule has 2 aromatic carbocycles. The summed E-state index contributed by atoms with van der Waals surface area (Å²) in [5.41, 5.74) is 2.96. The van der Waals surface area contributed by atoms with Crippen molar-refractivity contribution in [1.82, 2.24) is 0 Å². The largest absolute Gasteiger partial charge is 0.480 e. The molecule has 4 heteroatoms. The van der Waals surface area contributed by atoms with Gasteiger partial charge in [0.15, 0.2) is 0 Å². The van der Waals surface area contributed by atoms with Crippen molar-refractivity contribution >= 4 is 38.0 Å². The number of benzene rings is 2. The zero-order valence-corrected chi connectivity index (χ0v) is 12.2. The van der Waals surface area contributed by atoms with Crippen LogP contribution in [0.2, 0.25) is 0 Å². The van der Waals surface area contributed by atoms with Gasteiger partial charge in [0.25, 0.3) is 0 Å². The summed E-state index contributed by atoms with van der Waals surface area (Å²) in [5, 5.41) is 8.93. The van der Waals surface area contributed by atoms with E-state index in [0.717, 1.165) is 21.6 Å². The molecule has 0 saturated carbocycles. The molecule has 1 heterocycles. The smallest absolute Gasteiger partial charge is 0.322 e. The second-order valence-electron chi connectivity index (χ2n) is 4.37. The summed E-state index contributed by atoms with van der Waals surface area (Å²) in [4.78, 5) is 12.5. The molecule has 1 unspecified atom stereocenters. The maximum atomic E-state index is 11.5. The summed E-state index contributed by atoms with van der Waals surface area (Å²) in [5.74, 6) is -0.785. The van der Waals surface area contributed by atoms with E-state index in [9.17, 15) is 9.90 Å². The minimum absolute atomic E-state index is 0.516. The summed E-state index contributed by atoms with van der Waals surface area (Å²) in [6, 6.07) is 19.7. The third kappa shape index (κ3) is 2.49. The molecule has 0 spiro atoms. The van der Waals surface area contributed by atoms with Gasteiger partial charge >= 0.3 is 5.97 Å². The highest BCUT2D eigenvalue weighted by Gasteiger charge is 2.34.